The zero-order valence-corrected chi connectivity index (χ0v) is 11.4. The standard InChI is InChI=1S/C15H12N2O5/c18-14(16-17-15(19)12-2-1-7-20-12)6-4-10-3-5-11-13(8-10)22-9-21-11/h1-8H,9H2,(H,16,18)(H,17,19). The zero-order valence-electron chi connectivity index (χ0n) is 11.4. The molecule has 0 unspecified atom stereocenters. The van der Waals surface area contributed by atoms with Crippen LogP contribution in [0.25, 0.3) is 6.08 Å². The number of hydrogen-bond donors (Lipinski definition) is 2. The smallest absolute Gasteiger partial charge is 0.305 e. The van der Waals surface area contributed by atoms with Gasteiger partial charge in [0.2, 0.25) is 6.79 Å². The summed E-state index contributed by atoms with van der Waals surface area (Å²) in [5.74, 6) is 0.411. The van der Waals surface area contributed by atoms with Crippen LogP contribution in [0.15, 0.2) is 47.1 Å². The van der Waals surface area contributed by atoms with Gasteiger partial charge in [0.05, 0.1) is 6.26 Å². The van der Waals surface area contributed by atoms with Gasteiger partial charge in [0.1, 0.15) is 0 Å². The van der Waals surface area contributed by atoms with Crippen molar-refractivity contribution in [2.75, 3.05) is 6.79 Å². The molecule has 112 valence electrons. The molecule has 1 aromatic heterocycles. The van der Waals surface area contributed by atoms with Gasteiger partial charge in [-0.25, -0.2) is 0 Å². The zero-order chi connectivity index (χ0) is 15.4. The molecule has 0 radical (unpaired) electrons. The van der Waals surface area contributed by atoms with E-state index < -0.39 is 11.8 Å². The Labute approximate surface area is 125 Å². The van der Waals surface area contributed by atoms with Crippen LogP contribution < -0.4 is 20.3 Å². The predicted molar refractivity (Wildman–Crippen MR) is 75.9 cm³/mol. The van der Waals surface area contributed by atoms with Crippen LogP contribution in [-0.2, 0) is 4.79 Å². The Kier molecular flexibility index (Phi) is 3.78. The van der Waals surface area contributed by atoms with Gasteiger partial charge in [-0.3, -0.25) is 20.4 Å². The number of hydrogen-bond acceptors (Lipinski definition) is 5. The highest BCUT2D eigenvalue weighted by molar-refractivity contribution is 5.96. The summed E-state index contributed by atoms with van der Waals surface area (Å²) in [7, 11) is 0. The molecule has 0 fully saturated rings. The summed E-state index contributed by atoms with van der Waals surface area (Å²) in [6.45, 7) is 0.196. The molecule has 7 heteroatoms. The molecule has 0 atom stereocenters. The van der Waals surface area contributed by atoms with E-state index in [9.17, 15) is 9.59 Å². The lowest BCUT2D eigenvalue weighted by Gasteiger charge is -2.02. The molecule has 2 heterocycles. The van der Waals surface area contributed by atoms with Crippen molar-refractivity contribution < 1.29 is 23.5 Å². The number of fused-ring (bicyclic) bond motifs is 1. The molecule has 2 N–H and O–H groups in total. The Bertz CT molecular complexity index is 722. The Morgan fingerprint density at radius 1 is 1.09 bits per heavy atom. The fourth-order valence-corrected chi connectivity index (χ4v) is 1.82. The number of ether oxygens (including phenoxy) is 2. The first-order valence-corrected chi connectivity index (χ1v) is 6.44. The van der Waals surface area contributed by atoms with Gasteiger partial charge < -0.3 is 13.9 Å². The maximum Gasteiger partial charge on any atom is 0.305 e. The summed E-state index contributed by atoms with van der Waals surface area (Å²) >= 11 is 0. The quantitative estimate of drug-likeness (QED) is 0.662. The molecule has 0 aliphatic carbocycles. The minimum absolute atomic E-state index is 0.111. The number of rotatable bonds is 3. The monoisotopic (exact) mass is 300 g/mol. The molecule has 0 spiro atoms. The number of carbonyl (C=O) groups excluding carboxylic acids is 2. The fourth-order valence-electron chi connectivity index (χ4n) is 1.82. The van der Waals surface area contributed by atoms with Gasteiger partial charge in [0.25, 0.3) is 5.91 Å². The van der Waals surface area contributed by atoms with Crippen LogP contribution in [0.3, 0.4) is 0 Å². The van der Waals surface area contributed by atoms with Crippen molar-refractivity contribution in [2.24, 2.45) is 0 Å². The molecular formula is C15H12N2O5. The van der Waals surface area contributed by atoms with Crippen molar-refractivity contribution >= 4 is 17.9 Å². The third-order valence-corrected chi connectivity index (χ3v) is 2.87. The van der Waals surface area contributed by atoms with E-state index in [2.05, 4.69) is 10.9 Å². The number of nitrogens with one attached hydrogen (secondary N) is 2. The molecule has 7 nitrogen and oxygen atoms in total. The molecule has 1 aliphatic heterocycles. The van der Waals surface area contributed by atoms with Gasteiger partial charge >= 0.3 is 5.91 Å². The average molecular weight is 300 g/mol. The summed E-state index contributed by atoms with van der Waals surface area (Å²) in [6, 6.07) is 8.38. The molecule has 0 bridgehead atoms. The number of hydrazine groups is 1. The topological polar surface area (TPSA) is 89.8 Å². The summed E-state index contributed by atoms with van der Waals surface area (Å²) in [5, 5.41) is 0. The molecule has 1 aliphatic rings. The van der Waals surface area contributed by atoms with Gasteiger partial charge in [0, 0.05) is 6.08 Å². The highest BCUT2D eigenvalue weighted by atomic mass is 16.7. The SMILES string of the molecule is O=C(C=Cc1ccc2c(c1)OCO2)NNC(=O)c1ccco1. The predicted octanol–water partition coefficient (Wildman–Crippen LogP) is 1.48. The van der Waals surface area contributed by atoms with Crippen molar-refractivity contribution in [1.29, 1.82) is 0 Å². The molecule has 1 aromatic carbocycles. The van der Waals surface area contributed by atoms with E-state index in [-0.39, 0.29) is 12.6 Å². The van der Waals surface area contributed by atoms with Crippen molar-refractivity contribution in [3.63, 3.8) is 0 Å². The molecule has 2 amide bonds. The lowest BCUT2D eigenvalue weighted by molar-refractivity contribution is -0.117. The van der Waals surface area contributed by atoms with Crippen molar-refractivity contribution in [3.8, 4) is 11.5 Å². The summed E-state index contributed by atoms with van der Waals surface area (Å²) < 4.78 is 15.3. The average Bonchev–Trinajstić information content (AvgIpc) is 3.20. The molecule has 22 heavy (non-hydrogen) atoms. The Hall–Kier alpha value is -3.22. The summed E-state index contributed by atoms with van der Waals surface area (Å²) in [5.41, 5.74) is 5.26. The maximum absolute atomic E-state index is 11.6. The number of furan rings is 1. The van der Waals surface area contributed by atoms with Crippen LogP contribution in [0.1, 0.15) is 16.1 Å². The first-order chi connectivity index (χ1) is 10.7. The van der Waals surface area contributed by atoms with Crippen LogP contribution >= 0.6 is 0 Å². The molecular weight excluding hydrogens is 288 g/mol. The third-order valence-electron chi connectivity index (χ3n) is 2.87. The third kappa shape index (κ3) is 3.09. The van der Waals surface area contributed by atoms with Gasteiger partial charge in [-0.2, -0.15) is 0 Å². The number of amides is 2. The van der Waals surface area contributed by atoms with E-state index in [1.165, 1.54) is 18.4 Å². The molecule has 3 rings (SSSR count). The lowest BCUT2D eigenvalue weighted by atomic mass is 10.2. The van der Waals surface area contributed by atoms with Crippen molar-refractivity contribution in [1.82, 2.24) is 10.9 Å². The second-order valence-electron chi connectivity index (χ2n) is 4.37. The van der Waals surface area contributed by atoms with Gasteiger partial charge in [-0.05, 0) is 35.9 Å². The van der Waals surface area contributed by atoms with E-state index in [0.717, 1.165) is 5.56 Å². The largest absolute Gasteiger partial charge is 0.459 e. The Morgan fingerprint density at radius 2 is 1.95 bits per heavy atom. The number of carbonyl (C=O) groups is 2. The Balaban J connectivity index is 1.54. The molecule has 2 aromatic rings. The second kappa shape index (κ2) is 6.04. The van der Waals surface area contributed by atoms with E-state index >= 15 is 0 Å². The van der Waals surface area contributed by atoms with Gasteiger partial charge in [0.15, 0.2) is 17.3 Å². The van der Waals surface area contributed by atoms with Crippen LogP contribution in [-0.4, -0.2) is 18.6 Å². The first-order valence-electron chi connectivity index (χ1n) is 6.44. The fraction of sp³-hybridized carbons (Fsp3) is 0.0667. The Morgan fingerprint density at radius 3 is 2.77 bits per heavy atom. The number of benzene rings is 1. The van der Waals surface area contributed by atoms with E-state index in [0.29, 0.717) is 11.5 Å². The van der Waals surface area contributed by atoms with Crippen LogP contribution in [0, 0.1) is 0 Å². The normalized spacial score (nSPS) is 12.4. The minimum atomic E-state index is -0.533. The minimum Gasteiger partial charge on any atom is -0.459 e. The molecule has 0 saturated heterocycles. The summed E-state index contributed by atoms with van der Waals surface area (Å²) in [4.78, 5) is 23.2. The lowest BCUT2D eigenvalue weighted by Crippen LogP contribution is -2.40. The van der Waals surface area contributed by atoms with Crippen LogP contribution in [0.5, 0.6) is 11.5 Å². The first kappa shape index (κ1) is 13.7. The second-order valence-corrected chi connectivity index (χ2v) is 4.37. The molecule has 0 saturated carbocycles. The van der Waals surface area contributed by atoms with Crippen molar-refractivity contribution in [3.05, 3.63) is 54.0 Å². The highest BCUT2D eigenvalue weighted by Gasteiger charge is 2.12. The van der Waals surface area contributed by atoms with Crippen LogP contribution in [0.4, 0.5) is 0 Å². The van der Waals surface area contributed by atoms with Crippen LogP contribution in [0.2, 0.25) is 0 Å². The van der Waals surface area contributed by atoms with E-state index in [4.69, 9.17) is 13.9 Å². The van der Waals surface area contributed by atoms with Crippen molar-refractivity contribution in [2.45, 2.75) is 0 Å². The van der Waals surface area contributed by atoms with Gasteiger partial charge in [-0.1, -0.05) is 6.07 Å². The van der Waals surface area contributed by atoms with E-state index in [1.807, 2.05) is 0 Å². The highest BCUT2D eigenvalue weighted by Crippen LogP contribution is 2.32. The van der Waals surface area contributed by atoms with Gasteiger partial charge in [-0.15, -0.1) is 0 Å². The maximum atomic E-state index is 11.6. The van der Waals surface area contributed by atoms with E-state index in [1.54, 1.807) is 30.3 Å². The summed E-state index contributed by atoms with van der Waals surface area (Å²) in [6.07, 6.45) is 4.26.